The highest BCUT2D eigenvalue weighted by Crippen LogP contribution is 2.31. The molecular formula is C17H15F2N5O2. The summed E-state index contributed by atoms with van der Waals surface area (Å²) >= 11 is 0. The minimum absolute atomic E-state index is 0.263. The molecule has 0 aliphatic carbocycles. The minimum Gasteiger partial charge on any atom is -0.399 e. The molecule has 26 heavy (non-hydrogen) atoms. The van der Waals surface area contributed by atoms with Crippen LogP contribution in [0.2, 0.25) is 0 Å². The van der Waals surface area contributed by atoms with Crippen LogP contribution in [0.1, 0.15) is 16.8 Å². The van der Waals surface area contributed by atoms with E-state index in [0.29, 0.717) is 16.6 Å². The van der Waals surface area contributed by atoms with Crippen LogP contribution in [0.5, 0.6) is 0 Å². The van der Waals surface area contributed by atoms with Gasteiger partial charge in [-0.25, -0.2) is 8.78 Å². The van der Waals surface area contributed by atoms with E-state index in [1.54, 1.807) is 24.3 Å². The Balaban J connectivity index is 1.73. The number of amides is 2. The Labute approximate surface area is 147 Å². The Bertz CT molecular complexity index is 925. The normalized spacial score (nSPS) is 18.5. The summed E-state index contributed by atoms with van der Waals surface area (Å²) < 4.78 is 26.8. The lowest BCUT2D eigenvalue weighted by atomic mass is 10.1. The average molecular weight is 359 g/mol. The van der Waals surface area contributed by atoms with E-state index in [0.717, 1.165) is 4.90 Å². The van der Waals surface area contributed by atoms with Crippen molar-refractivity contribution in [2.45, 2.75) is 18.4 Å². The molecule has 1 aromatic heterocycles. The van der Waals surface area contributed by atoms with Crippen molar-refractivity contribution in [1.82, 2.24) is 15.2 Å². The fourth-order valence-electron chi connectivity index (χ4n) is 2.91. The first-order valence-corrected chi connectivity index (χ1v) is 7.80. The van der Waals surface area contributed by atoms with Crippen molar-refractivity contribution in [2.24, 2.45) is 0 Å². The number of aromatic nitrogens is 1. The fraction of sp³-hybridized carbons (Fsp3) is 0.294. The van der Waals surface area contributed by atoms with Crippen LogP contribution >= 0.6 is 0 Å². The Morgan fingerprint density at radius 3 is 2.92 bits per heavy atom. The summed E-state index contributed by atoms with van der Waals surface area (Å²) in [6.07, 6.45) is 0.749. The highest BCUT2D eigenvalue weighted by Gasteiger charge is 2.47. The number of halogens is 2. The molecule has 9 heteroatoms. The molecule has 3 rings (SSSR count). The van der Waals surface area contributed by atoms with E-state index < -0.39 is 43.3 Å². The molecule has 1 saturated heterocycles. The molecule has 2 aromatic rings. The second-order valence-corrected chi connectivity index (χ2v) is 6.04. The van der Waals surface area contributed by atoms with E-state index in [1.165, 1.54) is 12.3 Å². The molecule has 0 radical (unpaired) electrons. The monoisotopic (exact) mass is 359 g/mol. The molecule has 1 aliphatic heterocycles. The molecule has 1 atom stereocenters. The molecule has 1 fully saturated rings. The molecule has 2 amide bonds. The zero-order chi connectivity index (χ0) is 18.9. The van der Waals surface area contributed by atoms with E-state index in [-0.39, 0.29) is 5.56 Å². The van der Waals surface area contributed by atoms with Crippen LogP contribution in [0.25, 0.3) is 10.9 Å². The van der Waals surface area contributed by atoms with Gasteiger partial charge in [-0.3, -0.25) is 14.6 Å². The zero-order valence-electron chi connectivity index (χ0n) is 13.6. The smallest absolute Gasteiger partial charge is 0.268 e. The van der Waals surface area contributed by atoms with E-state index in [4.69, 9.17) is 11.0 Å². The number of alkyl halides is 2. The Morgan fingerprint density at radius 2 is 2.19 bits per heavy atom. The van der Waals surface area contributed by atoms with Crippen LogP contribution in [0.4, 0.5) is 14.5 Å². The van der Waals surface area contributed by atoms with Crippen LogP contribution in [0.3, 0.4) is 0 Å². The molecule has 3 N–H and O–H groups in total. The van der Waals surface area contributed by atoms with Crippen molar-refractivity contribution in [3.63, 3.8) is 0 Å². The van der Waals surface area contributed by atoms with Crippen molar-refractivity contribution in [1.29, 1.82) is 5.26 Å². The summed E-state index contributed by atoms with van der Waals surface area (Å²) in [7, 11) is 0. The van der Waals surface area contributed by atoms with E-state index in [9.17, 15) is 18.4 Å². The van der Waals surface area contributed by atoms with Crippen molar-refractivity contribution in [2.75, 3.05) is 18.8 Å². The van der Waals surface area contributed by atoms with Crippen molar-refractivity contribution >= 4 is 28.4 Å². The van der Waals surface area contributed by atoms with Gasteiger partial charge in [-0.1, -0.05) is 0 Å². The summed E-state index contributed by atoms with van der Waals surface area (Å²) in [6, 6.07) is 6.87. The molecule has 0 unspecified atom stereocenters. The van der Waals surface area contributed by atoms with Crippen molar-refractivity contribution in [3.8, 4) is 6.07 Å². The van der Waals surface area contributed by atoms with Crippen LogP contribution in [0, 0.1) is 11.3 Å². The molecule has 0 spiro atoms. The quantitative estimate of drug-likeness (QED) is 0.803. The van der Waals surface area contributed by atoms with Crippen LogP contribution < -0.4 is 11.1 Å². The summed E-state index contributed by atoms with van der Waals surface area (Å²) in [5.41, 5.74) is 7.00. The predicted octanol–water partition coefficient (Wildman–Crippen LogP) is 1.31. The van der Waals surface area contributed by atoms with Gasteiger partial charge in [0.25, 0.3) is 11.8 Å². The molecule has 2 heterocycles. The highest BCUT2D eigenvalue weighted by molar-refractivity contribution is 6.07. The third-order valence-electron chi connectivity index (χ3n) is 4.15. The molecule has 1 aromatic carbocycles. The maximum absolute atomic E-state index is 13.4. The number of carbonyl (C=O) groups excluding carboxylic acids is 2. The predicted molar refractivity (Wildman–Crippen MR) is 89.2 cm³/mol. The maximum Gasteiger partial charge on any atom is 0.268 e. The lowest BCUT2D eigenvalue weighted by molar-refractivity contribution is -0.131. The first-order chi connectivity index (χ1) is 12.3. The standard InChI is InChI=1S/C17H15F2N5O2/c18-17(19)6-11(7-20)24(9-17)15(25)8-23-16(26)12-3-4-22-14-2-1-10(21)5-13(12)14/h1-5,11H,6,8-9,21H2,(H,23,26)/t11-/m0/s1. The number of nitrogen functional groups attached to an aromatic ring is 1. The fourth-order valence-corrected chi connectivity index (χ4v) is 2.91. The molecular weight excluding hydrogens is 344 g/mol. The van der Waals surface area contributed by atoms with Crippen LogP contribution in [0.15, 0.2) is 30.5 Å². The Kier molecular flexibility index (Phi) is 4.42. The van der Waals surface area contributed by atoms with Gasteiger partial charge >= 0.3 is 0 Å². The van der Waals surface area contributed by atoms with Crippen LogP contribution in [-0.2, 0) is 4.79 Å². The van der Waals surface area contributed by atoms with Crippen LogP contribution in [-0.4, -0.2) is 46.8 Å². The number of hydrogen-bond donors (Lipinski definition) is 2. The summed E-state index contributed by atoms with van der Waals surface area (Å²) in [5.74, 6) is -4.39. The number of rotatable bonds is 3. The Morgan fingerprint density at radius 1 is 1.42 bits per heavy atom. The zero-order valence-corrected chi connectivity index (χ0v) is 13.6. The molecule has 134 valence electrons. The first kappa shape index (κ1) is 17.5. The summed E-state index contributed by atoms with van der Waals surface area (Å²) in [5, 5.41) is 11.9. The van der Waals surface area contributed by atoms with E-state index in [2.05, 4.69) is 10.3 Å². The molecule has 0 saturated carbocycles. The van der Waals surface area contributed by atoms with Gasteiger partial charge in [-0.05, 0) is 24.3 Å². The van der Waals surface area contributed by atoms with E-state index >= 15 is 0 Å². The molecule has 0 bridgehead atoms. The number of nitrogens with one attached hydrogen (secondary N) is 1. The van der Waals surface area contributed by atoms with Gasteiger partial charge < -0.3 is 16.0 Å². The number of pyridine rings is 1. The van der Waals surface area contributed by atoms with Crippen molar-refractivity contribution < 1.29 is 18.4 Å². The topological polar surface area (TPSA) is 112 Å². The highest BCUT2D eigenvalue weighted by atomic mass is 19.3. The SMILES string of the molecule is N#C[C@@H]1CC(F)(F)CN1C(=O)CNC(=O)c1ccnc2ccc(N)cc12. The first-order valence-electron chi connectivity index (χ1n) is 7.80. The number of anilines is 1. The lowest BCUT2D eigenvalue weighted by Gasteiger charge is -2.19. The van der Waals surface area contributed by atoms with Crippen molar-refractivity contribution in [3.05, 3.63) is 36.0 Å². The van der Waals surface area contributed by atoms with Gasteiger partial charge in [-0.2, -0.15) is 5.26 Å². The van der Waals surface area contributed by atoms with Gasteiger partial charge in [-0.15, -0.1) is 0 Å². The summed E-state index contributed by atoms with van der Waals surface area (Å²) in [6.45, 7) is -1.31. The average Bonchev–Trinajstić information content (AvgIpc) is 2.93. The molecule has 7 nitrogen and oxygen atoms in total. The van der Waals surface area contributed by atoms with Gasteiger partial charge in [0.2, 0.25) is 5.91 Å². The van der Waals surface area contributed by atoms with Gasteiger partial charge in [0, 0.05) is 23.7 Å². The van der Waals surface area contributed by atoms with Gasteiger partial charge in [0.05, 0.1) is 30.2 Å². The number of benzene rings is 1. The van der Waals surface area contributed by atoms with Gasteiger partial charge in [0.15, 0.2) is 0 Å². The number of hydrogen-bond acceptors (Lipinski definition) is 5. The maximum atomic E-state index is 13.4. The number of fused-ring (bicyclic) bond motifs is 1. The Hall–Kier alpha value is -3.28. The number of nitrogens with two attached hydrogens (primary N) is 1. The molecule has 1 aliphatic rings. The van der Waals surface area contributed by atoms with Gasteiger partial charge in [0.1, 0.15) is 6.04 Å². The number of carbonyl (C=O) groups is 2. The second-order valence-electron chi connectivity index (χ2n) is 6.04. The number of nitriles is 1. The minimum atomic E-state index is -3.10. The number of nitrogens with zero attached hydrogens (tertiary/aromatic N) is 3. The third kappa shape index (κ3) is 3.39. The lowest BCUT2D eigenvalue weighted by Crippen LogP contribution is -2.43. The third-order valence-corrected chi connectivity index (χ3v) is 4.15. The second kappa shape index (κ2) is 6.55. The number of likely N-dealkylation sites (tertiary alicyclic amines) is 1. The summed E-state index contributed by atoms with van der Waals surface area (Å²) in [4.78, 5) is 29.5. The van der Waals surface area contributed by atoms with E-state index in [1.807, 2.05) is 0 Å². The largest absolute Gasteiger partial charge is 0.399 e.